The van der Waals surface area contributed by atoms with E-state index in [4.69, 9.17) is 0 Å². The fourth-order valence-electron chi connectivity index (χ4n) is 1.45. The van der Waals surface area contributed by atoms with Gasteiger partial charge in [0.05, 0.1) is 5.69 Å². The van der Waals surface area contributed by atoms with Crippen LogP contribution in [-0.2, 0) is 4.79 Å². The molecule has 0 aromatic carbocycles. The highest BCUT2D eigenvalue weighted by molar-refractivity contribution is 5.72. The number of hydrogen-bond acceptors (Lipinski definition) is 3. The average Bonchev–Trinajstić information content (AvgIpc) is 2.54. The summed E-state index contributed by atoms with van der Waals surface area (Å²) in [6, 6.07) is 0.379. The van der Waals surface area contributed by atoms with Crippen molar-refractivity contribution in [3.8, 4) is 0 Å². The van der Waals surface area contributed by atoms with Gasteiger partial charge in [-0.15, -0.1) is 0 Å². The van der Waals surface area contributed by atoms with E-state index in [1.54, 1.807) is 0 Å². The van der Waals surface area contributed by atoms with Gasteiger partial charge in [0.2, 0.25) is 11.9 Å². The molecule has 1 rings (SSSR count). The maximum atomic E-state index is 10.7. The Morgan fingerprint density at radius 1 is 1.50 bits per heavy atom. The molecule has 0 fully saturated rings. The van der Waals surface area contributed by atoms with Crippen LogP contribution in [0.25, 0.3) is 0 Å². The third-order valence-electron chi connectivity index (χ3n) is 2.19. The number of nitrogens with zero attached hydrogens (tertiary/aromatic N) is 2. The minimum absolute atomic E-state index is 0.00909. The van der Waals surface area contributed by atoms with Crippen LogP contribution in [0.4, 0.5) is 5.95 Å². The van der Waals surface area contributed by atoms with Crippen LogP contribution in [-0.4, -0.2) is 28.5 Å². The lowest BCUT2D eigenvalue weighted by Gasteiger charge is -2.12. The topological polar surface area (TPSA) is 59.0 Å². The number of carbonyl (C=O) groups excluding carboxylic acids is 1. The van der Waals surface area contributed by atoms with Gasteiger partial charge >= 0.3 is 0 Å². The predicted molar refractivity (Wildman–Crippen MR) is 64.5 cm³/mol. The fraction of sp³-hybridized carbons (Fsp3) is 0.636. The molecule has 90 valence electrons. The Hall–Kier alpha value is -1.52. The van der Waals surface area contributed by atoms with Crippen LogP contribution in [0, 0.1) is 6.92 Å². The third-order valence-corrected chi connectivity index (χ3v) is 2.19. The largest absolute Gasteiger partial charge is 0.355 e. The number of anilines is 1. The Balaban J connectivity index is 2.49. The number of aromatic nitrogens is 2. The molecule has 0 spiro atoms. The molecule has 16 heavy (non-hydrogen) atoms. The summed E-state index contributed by atoms with van der Waals surface area (Å²) in [7, 11) is 0. The van der Waals surface area contributed by atoms with Crippen LogP contribution in [0.5, 0.6) is 0 Å². The SMILES string of the molecule is CC(=O)NCCNc1nc(C)cn1C(C)C. The molecule has 0 aliphatic heterocycles. The fourth-order valence-corrected chi connectivity index (χ4v) is 1.45. The van der Waals surface area contributed by atoms with Gasteiger partial charge in [0.15, 0.2) is 0 Å². The summed E-state index contributed by atoms with van der Waals surface area (Å²) in [4.78, 5) is 15.1. The van der Waals surface area contributed by atoms with Crippen molar-refractivity contribution in [2.45, 2.75) is 33.7 Å². The molecule has 1 aromatic heterocycles. The molecule has 2 N–H and O–H groups in total. The Kier molecular flexibility index (Phi) is 4.34. The summed E-state index contributed by atoms with van der Waals surface area (Å²) in [6.07, 6.45) is 2.02. The molecule has 5 heteroatoms. The summed E-state index contributed by atoms with van der Waals surface area (Å²) < 4.78 is 2.09. The molecule has 0 radical (unpaired) electrons. The number of imidazole rings is 1. The number of rotatable bonds is 5. The van der Waals surface area contributed by atoms with E-state index in [-0.39, 0.29) is 5.91 Å². The predicted octanol–water partition coefficient (Wildman–Crippen LogP) is 1.32. The highest BCUT2D eigenvalue weighted by Crippen LogP contribution is 2.14. The van der Waals surface area contributed by atoms with E-state index in [9.17, 15) is 4.79 Å². The van der Waals surface area contributed by atoms with Crippen LogP contribution in [0.1, 0.15) is 32.5 Å². The van der Waals surface area contributed by atoms with Crippen molar-refractivity contribution in [3.63, 3.8) is 0 Å². The maximum Gasteiger partial charge on any atom is 0.216 e. The molecule has 1 heterocycles. The molecular weight excluding hydrogens is 204 g/mol. The van der Waals surface area contributed by atoms with Gasteiger partial charge in [0.25, 0.3) is 0 Å². The van der Waals surface area contributed by atoms with Crippen LogP contribution in [0.2, 0.25) is 0 Å². The second kappa shape index (κ2) is 5.53. The minimum atomic E-state index is -0.00909. The zero-order chi connectivity index (χ0) is 12.1. The van der Waals surface area contributed by atoms with E-state index in [0.29, 0.717) is 19.1 Å². The highest BCUT2D eigenvalue weighted by atomic mass is 16.1. The first-order chi connectivity index (χ1) is 7.50. The molecule has 0 bridgehead atoms. The first kappa shape index (κ1) is 12.5. The lowest BCUT2D eigenvalue weighted by molar-refractivity contribution is -0.118. The molecule has 0 saturated heterocycles. The Labute approximate surface area is 96.3 Å². The van der Waals surface area contributed by atoms with Gasteiger partial charge in [0, 0.05) is 32.3 Å². The molecule has 0 aliphatic carbocycles. The number of nitrogens with one attached hydrogen (secondary N) is 2. The first-order valence-electron chi connectivity index (χ1n) is 5.54. The number of hydrogen-bond donors (Lipinski definition) is 2. The van der Waals surface area contributed by atoms with Crippen LogP contribution in [0.15, 0.2) is 6.20 Å². The van der Waals surface area contributed by atoms with Gasteiger partial charge in [-0.3, -0.25) is 4.79 Å². The van der Waals surface area contributed by atoms with Crippen LogP contribution in [0.3, 0.4) is 0 Å². The number of aryl methyl sites for hydroxylation is 1. The van der Waals surface area contributed by atoms with Crippen molar-refractivity contribution < 1.29 is 4.79 Å². The van der Waals surface area contributed by atoms with Gasteiger partial charge < -0.3 is 15.2 Å². The van der Waals surface area contributed by atoms with Crippen molar-refractivity contribution in [3.05, 3.63) is 11.9 Å². The minimum Gasteiger partial charge on any atom is -0.355 e. The molecule has 0 atom stereocenters. The van der Waals surface area contributed by atoms with Gasteiger partial charge in [-0.2, -0.15) is 0 Å². The summed E-state index contributed by atoms with van der Waals surface area (Å²) in [5.41, 5.74) is 0.996. The van der Waals surface area contributed by atoms with Gasteiger partial charge in [-0.25, -0.2) is 4.98 Å². The van der Waals surface area contributed by atoms with E-state index < -0.39 is 0 Å². The van der Waals surface area contributed by atoms with Crippen LogP contribution >= 0.6 is 0 Å². The molecule has 0 aliphatic rings. The second-order valence-corrected chi connectivity index (χ2v) is 4.12. The van der Waals surface area contributed by atoms with Crippen molar-refractivity contribution in [2.24, 2.45) is 0 Å². The van der Waals surface area contributed by atoms with Gasteiger partial charge in [-0.1, -0.05) is 0 Å². The van der Waals surface area contributed by atoms with Gasteiger partial charge in [-0.05, 0) is 20.8 Å². The highest BCUT2D eigenvalue weighted by Gasteiger charge is 2.07. The summed E-state index contributed by atoms with van der Waals surface area (Å²) in [6.45, 7) is 9.00. The summed E-state index contributed by atoms with van der Waals surface area (Å²) >= 11 is 0. The number of carbonyl (C=O) groups is 1. The molecule has 0 unspecified atom stereocenters. The van der Waals surface area contributed by atoms with E-state index in [1.165, 1.54) is 6.92 Å². The lowest BCUT2D eigenvalue weighted by Crippen LogP contribution is -2.27. The molecule has 1 amide bonds. The molecule has 5 nitrogen and oxygen atoms in total. The van der Waals surface area contributed by atoms with Crippen molar-refractivity contribution >= 4 is 11.9 Å². The zero-order valence-corrected chi connectivity index (χ0v) is 10.4. The van der Waals surface area contributed by atoms with Crippen molar-refractivity contribution in [2.75, 3.05) is 18.4 Å². The van der Waals surface area contributed by atoms with Crippen molar-refractivity contribution in [1.29, 1.82) is 0 Å². The Bertz CT molecular complexity index is 357. The maximum absolute atomic E-state index is 10.7. The zero-order valence-electron chi connectivity index (χ0n) is 10.4. The van der Waals surface area contributed by atoms with E-state index in [1.807, 2.05) is 13.1 Å². The van der Waals surface area contributed by atoms with E-state index >= 15 is 0 Å². The monoisotopic (exact) mass is 224 g/mol. The number of amides is 1. The molecule has 1 aromatic rings. The summed E-state index contributed by atoms with van der Waals surface area (Å²) in [5.74, 6) is 0.850. The molecular formula is C11H20N4O. The average molecular weight is 224 g/mol. The quantitative estimate of drug-likeness (QED) is 0.742. The van der Waals surface area contributed by atoms with Gasteiger partial charge in [0.1, 0.15) is 0 Å². The normalized spacial score (nSPS) is 10.6. The molecule has 0 saturated carbocycles. The van der Waals surface area contributed by atoms with Crippen LogP contribution < -0.4 is 10.6 Å². The first-order valence-corrected chi connectivity index (χ1v) is 5.54. The Morgan fingerprint density at radius 3 is 2.75 bits per heavy atom. The van der Waals surface area contributed by atoms with E-state index in [0.717, 1.165) is 11.6 Å². The standard InChI is InChI=1S/C11H20N4O/c1-8(2)15-7-9(3)14-11(15)13-6-5-12-10(4)16/h7-8H,5-6H2,1-4H3,(H,12,16)(H,13,14). The Morgan fingerprint density at radius 2 is 2.19 bits per heavy atom. The smallest absolute Gasteiger partial charge is 0.216 e. The second-order valence-electron chi connectivity index (χ2n) is 4.12. The van der Waals surface area contributed by atoms with E-state index in [2.05, 4.69) is 34.0 Å². The third kappa shape index (κ3) is 3.56. The lowest BCUT2D eigenvalue weighted by atomic mass is 10.4. The summed E-state index contributed by atoms with van der Waals surface area (Å²) in [5, 5.41) is 5.94. The van der Waals surface area contributed by atoms with Crippen molar-refractivity contribution in [1.82, 2.24) is 14.9 Å².